The molecule has 22 heavy (non-hydrogen) atoms. The van der Waals surface area contributed by atoms with Crippen LogP contribution in [0.3, 0.4) is 0 Å². The first-order valence-electron chi connectivity index (χ1n) is 7.37. The molecule has 0 amide bonds. The van der Waals surface area contributed by atoms with Gasteiger partial charge in [-0.2, -0.15) is 9.40 Å². The smallest absolute Gasteiger partial charge is 0.260 e. The van der Waals surface area contributed by atoms with E-state index in [1.54, 1.807) is 30.5 Å². The molecule has 2 aromatic rings. The highest BCUT2D eigenvalue weighted by Crippen LogP contribution is 2.26. The lowest BCUT2D eigenvalue weighted by molar-refractivity contribution is 0.447. The van der Waals surface area contributed by atoms with Crippen LogP contribution in [0.2, 0.25) is 0 Å². The standard InChI is InChI=1S/C15H20N4O2S/c1-12-9-15(18(2)17-12)22(20,21)19-8-6-13(11-19)10-14-5-3-4-7-16-14/h3-5,7,9,13H,6,8,10-11H2,1-2H3. The summed E-state index contributed by atoms with van der Waals surface area (Å²) in [6.45, 7) is 2.90. The van der Waals surface area contributed by atoms with E-state index in [-0.39, 0.29) is 5.03 Å². The van der Waals surface area contributed by atoms with Crippen LogP contribution in [-0.2, 0) is 23.5 Å². The zero-order valence-corrected chi connectivity index (χ0v) is 13.6. The summed E-state index contributed by atoms with van der Waals surface area (Å²) in [6.07, 6.45) is 3.46. The number of hydrogen-bond donors (Lipinski definition) is 0. The number of hydrogen-bond acceptors (Lipinski definition) is 4. The molecule has 0 N–H and O–H groups in total. The largest absolute Gasteiger partial charge is 0.261 e. The second-order valence-electron chi connectivity index (χ2n) is 5.79. The van der Waals surface area contributed by atoms with Gasteiger partial charge in [0.15, 0.2) is 5.03 Å². The molecule has 0 radical (unpaired) electrons. The SMILES string of the molecule is Cc1cc(S(=O)(=O)N2CCC(Cc3ccccn3)C2)n(C)n1. The van der Waals surface area contributed by atoms with Crippen molar-refractivity contribution in [1.82, 2.24) is 19.1 Å². The number of nitrogens with zero attached hydrogens (tertiary/aromatic N) is 4. The molecular formula is C15H20N4O2S. The van der Waals surface area contributed by atoms with Crippen molar-refractivity contribution < 1.29 is 8.42 Å². The quantitative estimate of drug-likeness (QED) is 0.853. The Morgan fingerprint density at radius 1 is 1.36 bits per heavy atom. The molecule has 0 spiro atoms. The van der Waals surface area contributed by atoms with Gasteiger partial charge in [-0.25, -0.2) is 8.42 Å². The van der Waals surface area contributed by atoms with E-state index in [2.05, 4.69) is 10.1 Å². The predicted molar refractivity (Wildman–Crippen MR) is 82.8 cm³/mol. The highest BCUT2D eigenvalue weighted by Gasteiger charge is 2.34. The first-order chi connectivity index (χ1) is 10.5. The van der Waals surface area contributed by atoms with E-state index in [4.69, 9.17) is 0 Å². The van der Waals surface area contributed by atoms with Gasteiger partial charge in [0, 0.05) is 32.0 Å². The molecule has 0 aromatic carbocycles. The van der Waals surface area contributed by atoms with Crippen molar-refractivity contribution in [3.8, 4) is 0 Å². The lowest BCUT2D eigenvalue weighted by atomic mass is 10.0. The van der Waals surface area contributed by atoms with Gasteiger partial charge in [0.1, 0.15) is 0 Å². The molecule has 0 bridgehead atoms. The van der Waals surface area contributed by atoms with Gasteiger partial charge in [0.25, 0.3) is 10.0 Å². The van der Waals surface area contributed by atoms with Gasteiger partial charge in [-0.3, -0.25) is 9.67 Å². The zero-order valence-electron chi connectivity index (χ0n) is 12.8. The Morgan fingerprint density at radius 3 is 2.82 bits per heavy atom. The van der Waals surface area contributed by atoms with Crippen molar-refractivity contribution in [3.63, 3.8) is 0 Å². The fraction of sp³-hybridized carbons (Fsp3) is 0.467. The molecule has 3 rings (SSSR count). The van der Waals surface area contributed by atoms with Crippen molar-refractivity contribution in [3.05, 3.63) is 41.9 Å². The van der Waals surface area contributed by atoms with Crippen LogP contribution < -0.4 is 0 Å². The minimum Gasteiger partial charge on any atom is -0.261 e. The molecule has 6 nitrogen and oxygen atoms in total. The fourth-order valence-electron chi connectivity index (χ4n) is 2.96. The topological polar surface area (TPSA) is 68.1 Å². The van der Waals surface area contributed by atoms with Crippen molar-refractivity contribution in [2.24, 2.45) is 13.0 Å². The number of rotatable bonds is 4. The van der Waals surface area contributed by atoms with Crippen LogP contribution in [-0.4, -0.2) is 40.6 Å². The average Bonchev–Trinajstić information content (AvgIpc) is 3.07. The minimum atomic E-state index is -3.46. The summed E-state index contributed by atoms with van der Waals surface area (Å²) in [5, 5.41) is 4.40. The minimum absolute atomic E-state index is 0.267. The number of sulfonamides is 1. The molecule has 1 aliphatic heterocycles. The van der Waals surface area contributed by atoms with Gasteiger partial charge in [-0.15, -0.1) is 0 Å². The molecule has 118 valence electrons. The van der Waals surface area contributed by atoms with Crippen LogP contribution in [0.25, 0.3) is 0 Å². The number of pyridine rings is 1. The van der Waals surface area contributed by atoms with Gasteiger partial charge in [0.05, 0.1) is 5.69 Å². The van der Waals surface area contributed by atoms with Crippen LogP contribution in [0.5, 0.6) is 0 Å². The van der Waals surface area contributed by atoms with Crippen LogP contribution >= 0.6 is 0 Å². The van der Waals surface area contributed by atoms with Crippen molar-refractivity contribution in [2.45, 2.75) is 24.8 Å². The third-order valence-corrected chi connectivity index (χ3v) is 5.96. The molecular weight excluding hydrogens is 300 g/mol. The Bertz CT molecular complexity index is 755. The van der Waals surface area contributed by atoms with E-state index in [1.807, 2.05) is 18.2 Å². The molecule has 1 saturated heterocycles. The van der Waals surface area contributed by atoms with Gasteiger partial charge < -0.3 is 0 Å². The first-order valence-corrected chi connectivity index (χ1v) is 8.81. The van der Waals surface area contributed by atoms with Gasteiger partial charge >= 0.3 is 0 Å². The Hall–Kier alpha value is -1.73. The normalized spacial score (nSPS) is 19.6. The summed E-state index contributed by atoms with van der Waals surface area (Å²) in [5.74, 6) is 0.319. The van der Waals surface area contributed by atoms with E-state index in [9.17, 15) is 8.42 Å². The Labute approximate surface area is 130 Å². The maximum absolute atomic E-state index is 12.7. The molecule has 1 unspecified atom stereocenters. The summed E-state index contributed by atoms with van der Waals surface area (Å²) in [6, 6.07) is 7.47. The molecule has 7 heteroatoms. The Balaban J connectivity index is 1.73. The molecule has 1 atom stereocenters. The Morgan fingerprint density at radius 2 is 2.18 bits per heavy atom. The summed E-state index contributed by atoms with van der Waals surface area (Å²) >= 11 is 0. The second kappa shape index (κ2) is 5.81. The van der Waals surface area contributed by atoms with E-state index < -0.39 is 10.0 Å². The third kappa shape index (κ3) is 2.91. The predicted octanol–water partition coefficient (Wildman–Crippen LogP) is 1.38. The average molecular weight is 320 g/mol. The molecule has 0 saturated carbocycles. The fourth-order valence-corrected chi connectivity index (χ4v) is 4.67. The van der Waals surface area contributed by atoms with Crippen LogP contribution in [0.4, 0.5) is 0 Å². The lowest BCUT2D eigenvalue weighted by Gasteiger charge is -2.16. The molecule has 1 fully saturated rings. The molecule has 2 aromatic heterocycles. The number of aryl methyl sites for hydroxylation is 2. The van der Waals surface area contributed by atoms with E-state index >= 15 is 0 Å². The monoisotopic (exact) mass is 320 g/mol. The summed E-state index contributed by atoms with van der Waals surface area (Å²) in [7, 11) is -1.79. The summed E-state index contributed by atoms with van der Waals surface area (Å²) in [4.78, 5) is 4.32. The van der Waals surface area contributed by atoms with Gasteiger partial charge in [-0.1, -0.05) is 6.07 Å². The highest BCUT2D eigenvalue weighted by molar-refractivity contribution is 7.89. The van der Waals surface area contributed by atoms with Crippen LogP contribution in [0.1, 0.15) is 17.8 Å². The Kier molecular flexibility index (Phi) is 4.01. The third-order valence-electron chi connectivity index (χ3n) is 4.04. The van der Waals surface area contributed by atoms with E-state index in [0.29, 0.717) is 24.7 Å². The maximum atomic E-state index is 12.7. The summed E-state index contributed by atoms with van der Waals surface area (Å²) < 4.78 is 28.4. The lowest BCUT2D eigenvalue weighted by Crippen LogP contribution is -2.30. The van der Waals surface area contributed by atoms with Crippen molar-refractivity contribution in [2.75, 3.05) is 13.1 Å². The molecule has 3 heterocycles. The summed E-state index contributed by atoms with van der Waals surface area (Å²) in [5.41, 5.74) is 1.73. The maximum Gasteiger partial charge on any atom is 0.260 e. The van der Waals surface area contributed by atoms with Gasteiger partial charge in [0.2, 0.25) is 0 Å². The number of aromatic nitrogens is 3. The van der Waals surface area contributed by atoms with Crippen molar-refractivity contribution in [1.29, 1.82) is 0 Å². The first kappa shape index (κ1) is 15.2. The molecule has 0 aliphatic carbocycles. The second-order valence-corrected chi connectivity index (χ2v) is 7.68. The van der Waals surface area contributed by atoms with E-state index in [0.717, 1.165) is 18.5 Å². The van der Waals surface area contributed by atoms with Crippen molar-refractivity contribution >= 4 is 10.0 Å². The molecule has 1 aliphatic rings. The van der Waals surface area contributed by atoms with Crippen LogP contribution in [0.15, 0.2) is 35.5 Å². The van der Waals surface area contributed by atoms with Gasteiger partial charge in [-0.05, 0) is 43.9 Å². The van der Waals surface area contributed by atoms with Crippen LogP contribution in [0, 0.1) is 12.8 Å². The zero-order chi connectivity index (χ0) is 15.7. The van der Waals surface area contributed by atoms with E-state index in [1.165, 1.54) is 4.68 Å². The highest BCUT2D eigenvalue weighted by atomic mass is 32.2.